The summed E-state index contributed by atoms with van der Waals surface area (Å²) < 4.78 is 2.09. The third-order valence-electron chi connectivity index (χ3n) is 1.86. The number of hydrogen-bond donors (Lipinski definition) is 2. The van der Waals surface area contributed by atoms with E-state index in [0.29, 0.717) is 14.5 Å². The van der Waals surface area contributed by atoms with Gasteiger partial charge < -0.3 is 10.4 Å². The second-order valence-electron chi connectivity index (χ2n) is 3.14. The molecule has 17 heavy (non-hydrogen) atoms. The Bertz CT molecular complexity index is 439. The first-order valence-corrected chi connectivity index (χ1v) is 6.94. The average Bonchev–Trinajstić information content (AvgIpc) is 2.14. The largest absolute Gasteiger partial charge is 0.481 e. The van der Waals surface area contributed by atoms with E-state index in [9.17, 15) is 9.59 Å². The van der Waals surface area contributed by atoms with Gasteiger partial charge in [0.2, 0.25) is 0 Å². The Morgan fingerprint density at radius 1 is 1.18 bits per heavy atom. The Balaban J connectivity index is 2.79. The predicted molar refractivity (Wildman–Crippen MR) is 74.1 cm³/mol. The second kappa shape index (κ2) is 6.51. The van der Waals surface area contributed by atoms with Crippen molar-refractivity contribution in [3.8, 4) is 0 Å². The molecular weight excluding hydrogens is 422 g/mol. The molecule has 1 aromatic carbocycles. The monoisotopic (exact) mass is 427 g/mol. The molecule has 4 nitrogen and oxygen atoms in total. The Labute approximate surface area is 123 Å². The molecule has 0 unspecified atom stereocenters. The smallest absolute Gasteiger partial charge is 0.305 e. The summed E-state index contributed by atoms with van der Waals surface area (Å²) in [5, 5.41) is 11.0. The Hall–Kier alpha value is -0.400. The van der Waals surface area contributed by atoms with Crippen LogP contribution in [0.5, 0.6) is 0 Å². The topological polar surface area (TPSA) is 66.4 Å². The molecule has 92 valence electrons. The van der Waals surface area contributed by atoms with Crippen molar-refractivity contribution < 1.29 is 14.7 Å². The van der Waals surface area contributed by atoms with Crippen molar-refractivity contribution in [2.45, 2.75) is 6.42 Å². The Morgan fingerprint density at radius 3 is 2.18 bits per heavy atom. The van der Waals surface area contributed by atoms with E-state index in [2.05, 4.69) is 53.1 Å². The first kappa shape index (κ1) is 14.7. The molecule has 0 aliphatic carbocycles. The third-order valence-corrected chi connectivity index (χ3v) is 3.57. The molecule has 0 spiro atoms. The first-order valence-electron chi connectivity index (χ1n) is 4.56. The molecule has 0 saturated heterocycles. The van der Waals surface area contributed by atoms with Crippen LogP contribution in [-0.2, 0) is 4.79 Å². The second-order valence-corrected chi connectivity index (χ2v) is 5.77. The molecule has 0 aliphatic rings. The van der Waals surface area contributed by atoms with Gasteiger partial charge in [0, 0.05) is 20.0 Å². The summed E-state index contributed by atoms with van der Waals surface area (Å²) in [5.74, 6) is -1.27. The van der Waals surface area contributed by atoms with E-state index in [1.807, 2.05) is 0 Å². The fourth-order valence-electron chi connectivity index (χ4n) is 1.13. The SMILES string of the molecule is O=C(O)CCNC(=O)c1c(Br)cc(Br)cc1Br. The van der Waals surface area contributed by atoms with Gasteiger partial charge >= 0.3 is 5.97 Å². The van der Waals surface area contributed by atoms with Crippen molar-refractivity contribution in [1.82, 2.24) is 5.32 Å². The van der Waals surface area contributed by atoms with Crippen molar-refractivity contribution in [2.75, 3.05) is 6.54 Å². The van der Waals surface area contributed by atoms with Crippen molar-refractivity contribution in [2.24, 2.45) is 0 Å². The van der Waals surface area contributed by atoms with Crippen LogP contribution in [0, 0.1) is 0 Å². The van der Waals surface area contributed by atoms with Gasteiger partial charge in [-0.15, -0.1) is 0 Å². The highest BCUT2D eigenvalue weighted by Crippen LogP contribution is 2.29. The summed E-state index contributed by atoms with van der Waals surface area (Å²) in [6, 6.07) is 3.49. The highest BCUT2D eigenvalue weighted by molar-refractivity contribution is 9.11. The average molecular weight is 430 g/mol. The highest BCUT2D eigenvalue weighted by Gasteiger charge is 2.14. The van der Waals surface area contributed by atoms with Gasteiger partial charge in [-0.25, -0.2) is 0 Å². The summed E-state index contributed by atoms with van der Waals surface area (Å²) in [6.07, 6.45) is -0.0997. The Kier molecular flexibility index (Phi) is 5.61. The van der Waals surface area contributed by atoms with E-state index < -0.39 is 5.97 Å². The van der Waals surface area contributed by atoms with Gasteiger partial charge in [-0.2, -0.15) is 0 Å². The normalized spacial score (nSPS) is 10.1. The van der Waals surface area contributed by atoms with Crippen molar-refractivity contribution >= 4 is 59.7 Å². The van der Waals surface area contributed by atoms with Crippen molar-refractivity contribution in [1.29, 1.82) is 0 Å². The zero-order valence-electron chi connectivity index (χ0n) is 8.47. The van der Waals surface area contributed by atoms with Gasteiger partial charge in [0.05, 0.1) is 12.0 Å². The summed E-state index contributed by atoms with van der Waals surface area (Å²) in [7, 11) is 0. The number of aliphatic carboxylic acids is 1. The van der Waals surface area contributed by atoms with Gasteiger partial charge in [0.25, 0.3) is 5.91 Å². The van der Waals surface area contributed by atoms with Crippen LogP contribution < -0.4 is 5.32 Å². The third kappa shape index (κ3) is 4.40. The van der Waals surface area contributed by atoms with E-state index in [4.69, 9.17) is 5.11 Å². The zero-order chi connectivity index (χ0) is 13.0. The number of carboxylic acids is 1. The minimum Gasteiger partial charge on any atom is -0.481 e. The van der Waals surface area contributed by atoms with E-state index >= 15 is 0 Å². The quantitative estimate of drug-likeness (QED) is 0.772. The molecule has 0 aromatic heterocycles. The van der Waals surface area contributed by atoms with E-state index in [1.54, 1.807) is 12.1 Å². The number of hydrogen-bond acceptors (Lipinski definition) is 2. The maximum atomic E-state index is 11.8. The lowest BCUT2D eigenvalue weighted by molar-refractivity contribution is -0.136. The van der Waals surface area contributed by atoms with Gasteiger partial charge in [-0.3, -0.25) is 9.59 Å². The first-order chi connectivity index (χ1) is 7.91. The molecule has 1 rings (SSSR count). The number of benzene rings is 1. The fourth-order valence-corrected chi connectivity index (χ4v) is 3.75. The van der Waals surface area contributed by atoms with Gasteiger partial charge in [0.15, 0.2) is 0 Å². The van der Waals surface area contributed by atoms with Gasteiger partial charge in [-0.05, 0) is 44.0 Å². The van der Waals surface area contributed by atoms with Crippen molar-refractivity contribution in [3.63, 3.8) is 0 Å². The molecule has 2 N–H and O–H groups in total. The van der Waals surface area contributed by atoms with Crippen LogP contribution in [0.2, 0.25) is 0 Å². The lowest BCUT2D eigenvalue weighted by Crippen LogP contribution is -2.26. The maximum Gasteiger partial charge on any atom is 0.305 e. The van der Waals surface area contributed by atoms with E-state index in [-0.39, 0.29) is 18.9 Å². The molecule has 0 saturated carbocycles. The molecule has 0 fully saturated rings. The number of rotatable bonds is 4. The van der Waals surface area contributed by atoms with Gasteiger partial charge in [-0.1, -0.05) is 15.9 Å². The Morgan fingerprint density at radius 2 is 1.71 bits per heavy atom. The lowest BCUT2D eigenvalue weighted by atomic mass is 10.2. The summed E-state index contributed by atoms with van der Waals surface area (Å²) in [5.41, 5.74) is 0.443. The number of carbonyl (C=O) groups is 2. The number of halogens is 3. The minimum absolute atomic E-state index is 0.0997. The number of amides is 1. The van der Waals surface area contributed by atoms with Crippen LogP contribution in [0.25, 0.3) is 0 Å². The predicted octanol–water partition coefficient (Wildman–Crippen LogP) is 3.18. The highest BCUT2D eigenvalue weighted by atomic mass is 79.9. The molecule has 0 bridgehead atoms. The van der Waals surface area contributed by atoms with E-state index in [0.717, 1.165) is 4.47 Å². The van der Waals surface area contributed by atoms with Crippen molar-refractivity contribution in [3.05, 3.63) is 31.1 Å². The van der Waals surface area contributed by atoms with Crippen LogP contribution in [0.4, 0.5) is 0 Å². The molecule has 7 heteroatoms. The molecule has 0 heterocycles. The lowest BCUT2D eigenvalue weighted by Gasteiger charge is -2.08. The van der Waals surface area contributed by atoms with Crippen LogP contribution in [0.3, 0.4) is 0 Å². The summed E-state index contributed by atoms with van der Waals surface area (Å²) in [4.78, 5) is 22.1. The number of carbonyl (C=O) groups excluding carboxylic acids is 1. The molecule has 0 aliphatic heterocycles. The fraction of sp³-hybridized carbons (Fsp3) is 0.200. The molecule has 0 radical (unpaired) electrons. The number of carboxylic acid groups (broad SMARTS) is 1. The zero-order valence-corrected chi connectivity index (χ0v) is 13.2. The molecule has 0 atom stereocenters. The van der Waals surface area contributed by atoms with Crippen LogP contribution in [0.1, 0.15) is 16.8 Å². The van der Waals surface area contributed by atoms with Crippen LogP contribution in [0.15, 0.2) is 25.6 Å². The standard InChI is InChI=1S/C10H8Br3NO3/c11-5-3-6(12)9(7(13)4-5)10(17)14-2-1-8(15)16/h3-4H,1-2H2,(H,14,17)(H,15,16). The maximum absolute atomic E-state index is 11.8. The molecular formula is C10H8Br3NO3. The van der Waals surface area contributed by atoms with Gasteiger partial charge in [0.1, 0.15) is 0 Å². The van der Waals surface area contributed by atoms with Crippen LogP contribution in [-0.4, -0.2) is 23.5 Å². The summed E-state index contributed by atoms with van der Waals surface area (Å²) >= 11 is 9.86. The summed E-state index contributed by atoms with van der Waals surface area (Å²) in [6.45, 7) is 0.100. The number of nitrogens with one attached hydrogen (secondary N) is 1. The van der Waals surface area contributed by atoms with Crippen LogP contribution >= 0.6 is 47.8 Å². The molecule has 1 amide bonds. The van der Waals surface area contributed by atoms with E-state index in [1.165, 1.54) is 0 Å². The molecule has 1 aromatic rings. The minimum atomic E-state index is -0.945.